The van der Waals surface area contributed by atoms with E-state index in [1.54, 1.807) is 0 Å². The molecular formula is C62H40N2. The van der Waals surface area contributed by atoms with Crippen molar-refractivity contribution in [1.82, 2.24) is 4.57 Å². The Balaban J connectivity index is 1.17. The third-order valence-electron chi connectivity index (χ3n) is 13.3. The van der Waals surface area contributed by atoms with E-state index in [1.807, 2.05) is 0 Å². The first-order chi connectivity index (χ1) is 31.8. The minimum absolute atomic E-state index is 1.08. The molecule has 0 amide bonds. The highest BCUT2D eigenvalue weighted by molar-refractivity contribution is 6.23. The Hall–Kier alpha value is -8.46. The van der Waals surface area contributed by atoms with Gasteiger partial charge in [0.05, 0.1) is 22.4 Å². The molecule has 0 aliphatic carbocycles. The van der Waals surface area contributed by atoms with Crippen molar-refractivity contribution >= 4 is 92.7 Å². The molecule has 0 atom stereocenters. The van der Waals surface area contributed by atoms with E-state index >= 15 is 0 Å². The number of hydrogen-bond acceptors (Lipinski definition) is 1. The zero-order valence-electron chi connectivity index (χ0n) is 35.0. The van der Waals surface area contributed by atoms with Gasteiger partial charge in [-0.2, -0.15) is 0 Å². The molecule has 0 aliphatic heterocycles. The standard InChI is InChI=1S/C62H40N2/c1-3-19-43(20-4-1)60-54-28-12-11-26-51(54)52-38-36-47(40-56(52)61(60)44-21-5-2-6-22-44)63(46-35-37-49-45(39-46)34-33-42-18-7-9-24-48(42)49)59-32-16-29-55-53-27-13-14-30-58(53)64(62(55)59)57-31-15-23-41-17-8-10-25-50(41)57/h1-40H. The number of fused-ring (bicyclic) bond motifs is 10. The molecule has 298 valence electrons. The zero-order chi connectivity index (χ0) is 42.1. The molecule has 0 radical (unpaired) electrons. The molecule has 1 heterocycles. The molecule has 13 aromatic rings. The van der Waals surface area contributed by atoms with Crippen LogP contribution in [-0.4, -0.2) is 4.57 Å². The monoisotopic (exact) mass is 812 g/mol. The Morgan fingerprint density at radius 2 is 0.781 bits per heavy atom. The zero-order valence-corrected chi connectivity index (χ0v) is 35.0. The lowest BCUT2D eigenvalue weighted by Crippen LogP contribution is -2.12. The summed E-state index contributed by atoms with van der Waals surface area (Å²) >= 11 is 0. The van der Waals surface area contributed by atoms with Crippen LogP contribution in [0.25, 0.3) is 104 Å². The second-order valence-corrected chi connectivity index (χ2v) is 16.8. The van der Waals surface area contributed by atoms with Gasteiger partial charge in [0, 0.05) is 27.5 Å². The van der Waals surface area contributed by atoms with E-state index in [-0.39, 0.29) is 0 Å². The number of anilines is 3. The van der Waals surface area contributed by atoms with Gasteiger partial charge in [-0.3, -0.25) is 0 Å². The maximum absolute atomic E-state index is 2.50. The van der Waals surface area contributed by atoms with E-state index in [4.69, 9.17) is 0 Å². The molecule has 0 spiro atoms. The van der Waals surface area contributed by atoms with Gasteiger partial charge in [-0.15, -0.1) is 0 Å². The van der Waals surface area contributed by atoms with Gasteiger partial charge in [-0.1, -0.05) is 200 Å². The van der Waals surface area contributed by atoms with Crippen LogP contribution in [0.3, 0.4) is 0 Å². The number of nitrogens with zero attached hydrogens (tertiary/aromatic N) is 2. The maximum atomic E-state index is 2.50. The highest BCUT2D eigenvalue weighted by Gasteiger charge is 2.24. The summed E-state index contributed by atoms with van der Waals surface area (Å²) in [6.07, 6.45) is 0. The Labute approximate surface area is 371 Å². The van der Waals surface area contributed by atoms with Crippen molar-refractivity contribution in [1.29, 1.82) is 0 Å². The van der Waals surface area contributed by atoms with Gasteiger partial charge in [0.2, 0.25) is 0 Å². The molecule has 0 fully saturated rings. The van der Waals surface area contributed by atoms with Crippen molar-refractivity contribution in [3.8, 4) is 27.9 Å². The fourth-order valence-corrected chi connectivity index (χ4v) is 10.5. The molecule has 2 heteroatoms. The quantitative estimate of drug-likeness (QED) is 0.152. The normalized spacial score (nSPS) is 11.8. The van der Waals surface area contributed by atoms with Crippen LogP contribution < -0.4 is 4.90 Å². The average Bonchev–Trinajstić information content (AvgIpc) is 3.71. The van der Waals surface area contributed by atoms with E-state index in [9.17, 15) is 0 Å². The smallest absolute Gasteiger partial charge is 0.0782 e. The molecule has 0 bridgehead atoms. The average molecular weight is 813 g/mol. The van der Waals surface area contributed by atoms with Crippen molar-refractivity contribution in [2.45, 2.75) is 0 Å². The summed E-state index contributed by atoms with van der Waals surface area (Å²) < 4.78 is 2.50. The number of hydrogen-bond donors (Lipinski definition) is 0. The SMILES string of the molecule is c1ccc(-c2c(-c3ccccc3)c3cc(N(c4ccc5c(ccc6ccccc65)c4)c4cccc5c6ccccc6n(-c6cccc7ccccc67)c45)ccc3c3ccccc23)cc1. The van der Waals surface area contributed by atoms with Gasteiger partial charge in [0.15, 0.2) is 0 Å². The molecule has 13 rings (SSSR count). The topological polar surface area (TPSA) is 8.17 Å². The minimum atomic E-state index is 1.08. The summed E-state index contributed by atoms with van der Waals surface area (Å²) in [7, 11) is 0. The first-order valence-corrected chi connectivity index (χ1v) is 22.1. The Morgan fingerprint density at radius 1 is 0.281 bits per heavy atom. The summed E-state index contributed by atoms with van der Waals surface area (Å²) in [6.45, 7) is 0. The van der Waals surface area contributed by atoms with Gasteiger partial charge in [-0.25, -0.2) is 0 Å². The predicted molar refractivity (Wildman–Crippen MR) is 274 cm³/mol. The highest BCUT2D eigenvalue weighted by Crippen LogP contribution is 2.49. The third kappa shape index (κ3) is 5.59. The second kappa shape index (κ2) is 14.6. The number of rotatable bonds is 6. The van der Waals surface area contributed by atoms with Crippen molar-refractivity contribution < 1.29 is 0 Å². The van der Waals surface area contributed by atoms with Gasteiger partial charge >= 0.3 is 0 Å². The highest BCUT2D eigenvalue weighted by atomic mass is 15.2. The lowest BCUT2D eigenvalue weighted by Gasteiger charge is -2.28. The molecule has 0 unspecified atom stereocenters. The van der Waals surface area contributed by atoms with Crippen molar-refractivity contribution in [3.05, 3.63) is 243 Å². The molecule has 0 saturated heterocycles. The Bertz CT molecular complexity index is 3950. The molecule has 0 saturated carbocycles. The molecule has 12 aromatic carbocycles. The lowest BCUT2D eigenvalue weighted by molar-refractivity contribution is 1.18. The second-order valence-electron chi connectivity index (χ2n) is 16.8. The number of aromatic nitrogens is 1. The van der Waals surface area contributed by atoms with Crippen LogP contribution in [-0.2, 0) is 0 Å². The van der Waals surface area contributed by atoms with E-state index in [0.29, 0.717) is 0 Å². The van der Waals surface area contributed by atoms with Crippen LogP contribution in [0, 0.1) is 0 Å². The van der Waals surface area contributed by atoms with Crippen LogP contribution in [0.15, 0.2) is 243 Å². The van der Waals surface area contributed by atoms with Gasteiger partial charge in [0.1, 0.15) is 0 Å². The van der Waals surface area contributed by atoms with Crippen molar-refractivity contribution in [3.63, 3.8) is 0 Å². The van der Waals surface area contributed by atoms with Gasteiger partial charge in [-0.05, 0) is 113 Å². The molecule has 1 aromatic heterocycles. The molecule has 2 nitrogen and oxygen atoms in total. The lowest BCUT2D eigenvalue weighted by atomic mass is 9.85. The first-order valence-electron chi connectivity index (χ1n) is 22.1. The van der Waals surface area contributed by atoms with Crippen LogP contribution in [0.2, 0.25) is 0 Å². The third-order valence-corrected chi connectivity index (χ3v) is 13.3. The molecule has 0 aliphatic rings. The van der Waals surface area contributed by atoms with Crippen LogP contribution >= 0.6 is 0 Å². The van der Waals surface area contributed by atoms with E-state index < -0.39 is 0 Å². The largest absolute Gasteiger partial charge is 0.308 e. The number of benzene rings is 12. The van der Waals surface area contributed by atoms with Crippen LogP contribution in [0.5, 0.6) is 0 Å². The summed E-state index contributed by atoms with van der Waals surface area (Å²) in [5, 5.41) is 14.7. The van der Waals surface area contributed by atoms with Crippen LogP contribution in [0.4, 0.5) is 17.1 Å². The van der Waals surface area contributed by atoms with Crippen molar-refractivity contribution in [2.24, 2.45) is 0 Å². The maximum Gasteiger partial charge on any atom is 0.0782 e. The predicted octanol–water partition coefficient (Wildman–Crippen LogP) is 17.4. The fraction of sp³-hybridized carbons (Fsp3) is 0. The summed E-state index contributed by atoms with van der Waals surface area (Å²) in [5.41, 5.74) is 11.6. The first kappa shape index (κ1) is 36.2. The number of para-hydroxylation sites is 2. The summed E-state index contributed by atoms with van der Waals surface area (Å²) in [6, 6.07) is 89.3. The fourth-order valence-electron chi connectivity index (χ4n) is 10.5. The van der Waals surface area contributed by atoms with Gasteiger partial charge in [0.25, 0.3) is 0 Å². The van der Waals surface area contributed by atoms with Gasteiger partial charge < -0.3 is 9.47 Å². The van der Waals surface area contributed by atoms with Crippen molar-refractivity contribution in [2.75, 3.05) is 4.90 Å². The molecule has 64 heavy (non-hydrogen) atoms. The minimum Gasteiger partial charge on any atom is -0.308 e. The Morgan fingerprint density at radius 3 is 1.55 bits per heavy atom. The Kier molecular flexibility index (Phi) is 8.25. The summed E-state index contributed by atoms with van der Waals surface area (Å²) in [4.78, 5) is 2.50. The van der Waals surface area contributed by atoms with E-state index in [2.05, 4.69) is 252 Å². The van der Waals surface area contributed by atoms with E-state index in [1.165, 1.54) is 92.4 Å². The van der Waals surface area contributed by atoms with E-state index in [0.717, 1.165) is 28.3 Å². The molecule has 0 N–H and O–H groups in total. The summed E-state index contributed by atoms with van der Waals surface area (Å²) in [5.74, 6) is 0. The van der Waals surface area contributed by atoms with Crippen LogP contribution in [0.1, 0.15) is 0 Å². The molecular weight excluding hydrogens is 773 g/mol.